The minimum atomic E-state index is -1.91. The van der Waals surface area contributed by atoms with Crippen LogP contribution < -0.4 is 55.4 Å². The largest absolute Gasteiger partial charge is 1.00 e. The van der Waals surface area contributed by atoms with Crippen molar-refractivity contribution < 1.29 is 78.6 Å². The predicted octanol–water partition coefficient (Wildman–Crippen LogP) is -3.90. The molecule has 3 aromatic rings. The summed E-state index contributed by atoms with van der Waals surface area (Å²) in [5.41, 5.74) is 4.30. The molecule has 0 bridgehead atoms. The molecule has 1 aromatic carbocycles. The number of aromatic hydroxyl groups is 2. The van der Waals surface area contributed by atoms with Crippen LogP contribution in [0.1, 0.15) is 19.5 Å². The van der Waals surface area contributed by atoms with Crippen molar-refractivity contribution in [1.29, 1.82) is 0 Å². The van der Waals surface area contributed by atoms with Crippen molar-refractivity contribution in [2.45, 2.75) is 37.4 Å². The number of carboxylic acids is 2. The number of nitrogens with zero attached hydrogens (tertiary/aromatic N) is 4. The fraction of sp³-hybridized carbons (Fsp3) is 0.250. The number of amides is 2. The number of hydrogen-bond acceptors (Lipinski definition) is 14. The molecular formula is C28H24ClN6NaO9S2. The first-order chi connectivity index (χ1) is 21.7. The Morgan fingerprint density at radius 2 is 2.00 bits per heavy atom. The third-order valence-electron chi connectivity index (χ3n) is 7.00. The number of pyridine rings is 1. The van der Waals surface area contributed by atoms with Crippen LogP contribution in [0.2, 0.25) is 5.02 Å². The van der Waals surface area contributed by atoms with Crippen LogP contribution in [0.3, 0.4) is 0 Å². The molecule has 2 atom stereocenters. The summed E-state index contributed by atoms with van der Waals surface area (Å²) in [7, 11) is 0. The SMILES string of the molecule is CC(C)(O/N=C(\C(=O)N[C@@H]1C(=O)N2C(C(=O)[O-])=C(C[n+]3cccc(-c4ccc(O)c(O)c4Cl)c3)CS[C@H]12)c1csc(N)n1)C(=O)[O-].[Na+]. The van der Waals surface area contributed by atoms with E-state index >= 15 is 0 Å². The molecule has 0 radical (unpaired) electrons. The molecule has 0 spiro atoms. The van der Waals surface area contributed by atoms with E-state index in [0.717, 1.165) is 30.1 Å². The number of phenols is 2. The first kappa shape index (κ1) is 36.0. The zero-order chi connectivity index (χ0) is 33.5. The van der Waals surface area contributed by atoms with E-state index in [-0.39, 0.29) is 69.1 Å². The second-order valence-corrected chi connectivity index (χ2v) is 12.9. The van der Waals surface area contributed by atoms with Crippen LogP contribution in [0.25, 0.3) is 11.1 Å². The number of benzene rings is 1. The molecule has 240 valence electrons. The van der Waals surface area contributed by atoms with E-state index in [1.165, 1.54) is 29.3 Å². The van der Waals surface area contributed by atoms with Gasteiger partial charge in [-0.1, -0.05) is 16.8 Å². The molecule has 47 heavy (non-hydrogen) atoms. The number of thiazole rings is 1. The Hall–Kier alpha value is -3.87. The van der Waals surface area contributed by atoms with Gasteiger partial charge in [0.2, 0.25) is 0 Å². The Kier molecular flexibility index (Phi) is 10.8. The van der Waals surface area contributed by atoms with E-state index < -0.39 is 52.2 Å². The van der Waals surface area contributed by atoms with Gasteiger partial charge in [0.05, 0.1) is 22.7 Å². The number of oxime groups is 1. The average Bonchev–Trinajstić information content (AvgIpc) is 3.44. The molecule has 0 unspecified atom stereocenters. The van der Waals surface area contributed by atoms with Gasteiger partial charge in [0, 0.05) is 33.9 Å². The first-order valence-electron chi connectivity index (χ1n) is 13.3. The van der Waals surface area contributed by atoms with Crippen LogP contribution >= 0.6 is 34.7 Å². The molecule has 2 aliphatic rings. The summed E-state index contributed by atoms with van der Waals surface area (Å²) in [6.45, 7) is 2.37. The van der Waals surface area contributed by atoms with Gasteiger partial charge < -0.3 is 45.9 Å². The fourth-order valence-corrected chi connectivity index (χ4v) is 6.73. The van der Waals surface area contributed by atoms with Gasteiger partial charge in [-0.2, -0.15) is 0 Å². The van der Waals surface area contributed by atoms with Crippen LogP contribution in [0.5, 0.6) is 11.5 Å². The van der Waals surface area contributed by atoms with Gasteiger partial charge in [0.25, 0.3) is 11.8 Å². The number of halogens is 1. The van der Waals surface area contributed by atoms with E-state index in [1.807, 2.05) is 0 Å². The Bertz CT molecular complexity index is 1850. The molecule has 15 nitrogen and oxygen atoms in total. The Labute approximate surface area is 302 Å². The minimum Gasteiger partial charge on any atom is -0.546 e. The van der Waals surface area contributed by atoms with Crippen molar-refractivity contribution in [2.75, 3.05) is 11.5 Å². The number of carbonyl (C=O) groups is 4. The molecule has 0 aliphatic carbocycles. The zero-order valence-electron chi connectivity index (χ0n) is 24.9. The maximum atomic E-state index is 13.3. The van der Waals surface area contributed by atoms with Crippen molar-refractivity contribution in [3.8, 4) is 22.6 Å². The summed E-state index contributed by atoms with van der Waals surface area (Å²) < 4.78 is 1.66. The zero-order valence-corrected chi connectivity index (χ0v) is 29.3. The average molecular weight is 711 g/mol. The first-order valence-corrected chi connectivity index (χ1v) is 15.6. The monoisotopic (exact) mass is 710 g/mol. The van der Waals surface area contributed by atoms with E-state index in [9.17, 15) is 39.6 Å². The maximum Gasteiger partial charge on any atom is 1.00 e. The van der Waals surface area contributed by atoms with Gasteiger partial charge in [-0.15, -0.1) is 23.1 Å². The van der Waals surface area contributed by atoms with Gasteiger partial charge in [0.15, 0.2) is 46.9 Å². The number of carbonyl (C=O) groups excluding carboxylic acids is 4. The topological polar surface area (TPSA) is 235 Å². The molecule has 1 fully saturated rings. The molecule has 0 saturated carbocycles. The van der Waals surface area contributed by atoms with Gasteiger partial charge >= 0.3 is 29.6 Å². The number of phenolic OH excluding ortho intramolecular Hbond substituents is 2. The normalized spacial score (nSPS) is 17.7. The summed E-state index contributed by atoms with van der Waals surface area (Å²) in [6.07, 6.45) is 3.33. The minimum absolute atomic E-state index is 0. The number of β-lactam (4-membered cyclic amide) rings is 1. The number of thioether (sulfide) groups is 1. The number of nitrogens with one attached hydrogen (secondary N) is 1. The smallest absolute Gasteiger partial charge is 0.546 e. The van der Waals surface area contributed by atoms with E-state index in [1.54, 1.807) is 29.1 Å². The Morgan fingerprint density at radius 1 is 1.28 bits per heavy atom. The number of hydrogen-bond donors (Lipinski definition) is 4. The van der Waals surface area contributed by atoms with Crippen molar-refractivity contribution in [1.82, 2.24) is 15.2 Å². The van der Waals surface area contributed by atoms with E-state index in [2.05, 4.69) is 15.5 Å². The number of carboxylic acid groups (broad SMARTS) is 2. The van der Waals surface area contributed by atoms with Crippen LogP contribution in [0.15, 0.2) is 58.5 Å². The molecule has 4 heterocycles. The van der Waals surface area contributed by atoms with Crippen LogP contribution in [-0.2, 0) is 30.6 Å². The molecule has 1 saturated heterocycles. The number of nitrogens with two attached hydrogens (primary N) is 1. The molecular weight excluding hydrogens is 687 g/mol. The van der Waals surface area contributed by atoms with Crippen LogP contribution in [0.4, 0.5) is 5.13 Å². The van der Waals surface area contributed by atoms with Gasteiger partial charge in [-0.3, -0.25) is 14.5 Å². The third kappa shape index (κ3) is 7.19. The summed E-state index contributed by atoms with van der Waals surface area (Å²) in [5.74, 6) is -5.54. The van der Waals surface area contributed by atoms with Crippen molar-refractivity contribution >= 4 is 69.3 Å². The third-order valence-corrected chi connectivity index (χ3v) is 9.40. The second kappa shape index (κ2) is 14.1. The molecule has 5 rings (SSSR count). The van der Waals surface area contributed by atoms with E-state index in [0.29, 0.717) is 16.7 Å². The number of fused-ring (bicyclic) bond motifs is 1. The van der Waals surface area contributed by atoms with Crippen molar-refractivity contribution in [2.24, 2.45) is 5.16 Å². The Morgan fingerprint density at radius 3 is 2.64 bits per heavy atom. The summed E-state index contributed by atoms with van der Waals surface area (Å²) in [4.78, 5) is 60.3. The van der Waals surface area contributed by atoms with Crippen molar-refractivity contribution in [3.05, 3.63) is 64.0 Å². The number of aliphatic carboxylic acids is 2. The fourth-order valence-electron chi connectivity index (χ4n) is 4.58. The summed E-state index contributed by atoms with van der Waals surface area (Å²) >= 11 is 8.41. The molecule has 2 amide bonds. The molecule has 2 aliphatic heterocycles. The second-order valence-electron chi connectivity index (χ2n) is 10.6. The van der Waals surface area contributed by atoms with Crippen LogP contribution in [0, 0.1) is 0 Å². The Balaban J connectivity index is 0.00000500. The summed E-state index contributed by atoms with van der Waals surface area (Å²) in [6, 6.07) is 5.04. The molecule has 5 N–H and O–H groups in total. The van der Waals surface area contributed by atoms with E-state index in [4.69, 9.17) is 22.2 Å². The quantitative estimate of drug-likeness (QED) is 0.0395. The predicted molar refractivity (Wildman–Crippen MR) is 161 cm³/mol. The maximum absolute atomic E-state index is 13.3. The number of rotatable bonds is 10. The molecule has 19 heteroatoms. The van der Waals surface area contributed by atoms with Gasteiger partial charge in [-0.05, 0) is 32.0 Å². The van der Waals surface area contributed by atoms with Gasteiger partial charge in [-0.25, -0.2) is 9.55 Å². The standard InChI is InChI=1S/C28H25ClN6O9S2.Na/c1-28(2,26(42)43)44-33-18(15-11-46-27(30)31-15)22(38)32-19-23(39)35-20(25(40)41)13(10-45-24(19)35)9-34-7-3-4-12(8-34)14-5-6-16(36)21(37)17(14)29;/h3-8,11,19,24H,9-10H2,1-2H3,(H6-,30,31,32,33,36,37,38,40,41,42,43);/q;+1/p-1/t19-,24-;/m1./s1. The number of aromatic nitrogens is 2. The molecule has 2 aromatic heterocycles. The summed E-state index contributed by atoms with van der Waals surface area (Å²) in [5, 5.41) is 50.2. The number of anilines is 1. The van der Waals surface area contributed by atoms with Crippen molar-refractivity contribution in [3.63, 3.8) is 0 Å². The van der Waals surface area contributed by atoms with Gasteiger partial charge in [0.1, 0.15) is 17.1 Å². The number of nitrogen functional groups attached to an aromatic ring is 1. The van der Waals surface area contributed by atoms with Crippen LogP contribution in [-0.4, -0.2) is 72.3 Å².